The van der Waals surface area contributed by atoms with E-state index in [1.165, 1.54) is 27.7 Å². The van der Waals surface area contributed by atoms with E-state index in [0.29, 0.717) is 0 Å². The van der Waals surface area contributed by atoms with Crippen molar-refractivity contribution in [2.24, 2.45) is 0 Å². The molecule has 0 fully saturated rings. The maximum atomic E-state index is 9.56. The zero-order valence-corrected chi connectivity index (χ0v) is 12.3. The summed E-state index contributed by atoms with van der Waals surface area (Å²) >= 11 is 0. The molecule has 116 valence electrons. The van der Waals surface area contributed by atoms with Gasteiger partial charge in [-0.05, 0) is 0 Å². The van der Waals surface area contributed by atoms with Gasteiger partial charge in [0.05, 0.1) is 0 Å². The van der Waals surface area contributed by atoms with Crippen molar-refractivity contribution >= 4 is 19.2 Å². The van der Waals surface area contributed by atoms with E-state index in [9.17, 15) is 20.4 Å². The number of carboxylic acid groups (broad SMARTS) is 2. The standard InChI is InChI=1S/C8H21O4P.C2H2O4/c1-5(9)13(6(2)10,7(3)11)8(4)12;3-1(4)2(5)6/h5-13H,1-4H3;(H,3,4)(H,5,6). The number of carboxylic acids is 2. The Hall–Kier alpha value is -0.790. The second-order valence-electron chi connectivity index (χ2n) is 4.31. The predicted octanol–water partition coefficient (Wildman–Crippen LogP) is -0.755. The van der Waals surface area contributed by atoms with Crippen molar-refractivity contribution < 1.29 is 40.2 Å². The third-order valence-corrected chi connectivity index (χ3v) is 8.87. The van der Waals surface area contributed by atoms with Crippen LogP contribution in [0.25, 0.3) is 0 Å². The summed E-state index contributed by atoms with van der Waals surface area (Å²) < 4.78 is 0. The Kier molecular flexibility index (Phi) is 9.07. The molecule has 0 spiro atoms. The van der Waals surface area contributed by atoms with Crippen molar-refractivity contribution in [3.63, 3.8) is 0 Å². The van der Waals surface area contributed by atoms with Crippen molar-refractivity contribution in [1.82, 2.24) is 0 Å². The molecular weight excluding hydrogens is 279 g/mol. The maximum Gasteiger partial charge on any atom is 0.414 e. The summed E-state index contributed by atoms with van der Waals surface area (Å²) in [7, 11) is -2.88. The summed E-state index contributed by atoms with van der Waals surface area (Å²) in [6.45, 7) is 6.05. The quantitative estimate of drug-likeness (QED) is 0.292. The minimum atomic E-state index is -2.88. The number of aliphatic hydroxyl groups is 4. The van der Waals surface area contributed by atoms with Crippen molar-refractivity contribution in [3.05, 3.63) is 0 Å². The first-order valence-corrected chi connectivity index (χ1v) is 7.91. The molecule has 0 aromatic rings. The molecule has 0 rings (SSSR count). The largest absolute Gasteiger partial charge is 0.473 e. The van der Waals surface area contributed by atoms with Gasteiger partial charge in [0.15, 0.2) is 0 Å². The van der Waals surface area contributed by atoms with Gasteiger partial charge in [0.1, 0.15) is 0 Å². The molecule has 4 unspecified atom stereocenters. The molecule has 8 nitrogen and oxygen atoms in total. The molecule has 4 atom stereocenters. The van der Waals surface area contributed by atoms with Crippen molar-refractivity contribution in [2.45, 2.75) is 51.1 Å². The summed E-state index contributed by atoms with van der Waals surface area (Å²) in [4.78, 5) is 18.2. The molecule has 0 aromatic heterocycles. The Morgan fingerprint density at radius 1 is 0.684 bits per heavy atom. The fraction of sp³-hybridized carbons (Fsp3) is 0.800. The molecule has 0 heterocycles. The number of aliphatic hydroxyl groups excluding tert-OH is 4. The molecule has 0 aliphatic rings. The van der Waals surface area contributed by atoms with E-state index in [2.05, 4.69) is 0 Å². The molecule has 19 heavy (non-hydrogen) atoms. The summed E-state index contributed by atoms with van der Waals surface area (Å²) in [6, 6.07) is 0. The molecule has 0 bridgehead atoms. The fourth-order valence-corrected chi connectivity index (χ4v) is 6.28. The SMILES string of the molecule is CC(O)[PH](C(C)O)(C(C)O)C(C)O.O=C(O)C(=O)O. The Bertz CT molecular complexity index is 250. The average Bonchev–Trinajstić information content (AvgIpc) is 2.15. The number of hydrogen-bond acceptors (Lipinski definition) is 6. The van der Waals surface area contributed by atoms with Gasteiger partial charge in [-0.25, -0.2) is 9.59 Å². The number of aliphatic carboxylic acids is 2. The third-order valence-electron chi connectivity index (χ3n) is 3.08. The van der Waals surface area contributed by atoms with Gasteiger partial charge in [-0.15, -0.1) is 0 Å². The van der Waals surface area contributed by atoms with E-state index in [1.54, 1.807) is 0 Å². The Morgan fingerprint density at radius 3 is 0.842 bits per heavy atom. The van der Waals surface area contributed by atoms with Crippen molar-refractivity contribution in [1.29, 1.82) is 0 Å². The van der Waals surface area contributed by atoms with Crippen LogP contribution in [0.3, 0.4) is 0 Å². The zero-order valence-electron chi connectivity index (χ0n) is 11.3. The van der Waals surface area contributed by atoms with Crippen LogP contribution in [0.1, 0.15) is 27.7 Å². The minimum Gasteiger partial charge on any atom is -0.473 e. The molecule has 0 radical (unpaired) electrons. The molecule has 0 saturated heterocycles. The topological polar surface area (TPSA) is 156 Å². The van der Waals surface area contributed by atoms with Crippen LogP contribution in [0.2, 0.25) is 0 Å². The molecular formula is C10H23O8P. The molecule has 0 amide bonds. The van der Waals surface area contributed by atoms with E-state index in [1.807, 2.05) is 0 Å². The van der Waals surface area contributed by atoms with Gasteiger partial charge in [-0.1, -0.05) is 0 Å². The van der Waals surface area contributed by atoms with Crippen LogP contribution in [0.15, 0.2) is 0 Å². The Balaban J connectivity index is 0. The van der Waals surface area contributed by atoms with Gasteiger partial charge in [-0.2, -0.15) is 0 Å². The summed E-state index contributed by atoms with van der Waals surface area (Å²) in [5.74, 6) is -7.01. The second-order valence-corrected chi connectivity index (χ2v) is 9.66. The molecule has 6 N–H and O–H groups in total. The Labute approximate surface area is 111 Å². The van der Waals surface area contributed by atoms with E-state index in [4.69, 9.17) is 19.8 Å². The number of rotatable bonds is 4. The van der Waals surface area contributed by atoms with Crippen LogP contribution in [0, 0.1) is 0 Å². The van der Waals surface area contributed by atoms with E-state index < -0.39 is 42.6 Å². The molecule has 9 heteroatoms. The van der Waals surface area contributed by atoms with E-state index >= 15 is 0 Å². The second kappa shape index (κ2) is 8.39. The monoisotopic (exact) mass is 302 g/mol. The van der Waals surface area contributed by atoms with Crippen molar-refractivity contribution in [3.8, 4) is 0 Å². The van der Waals surface area contributed by atoms with Gasteiger partial charge < -0.3 is 10.2 Å². The Morgan fingerprint density at radius 2 is 0.842 bits per heavy atom. The summed E-state index contributed by atoms with van der Waals surface area (Å²) in [5.41, 5.74) is 0. The van der Waals surface area contributed by atoms with Crippen LogP contribution >= 0.6 is 7.26 Å². The van der Waals surface area contributed by atoms with Crippen LogP contribution in [0.4, 0.5) is 0 Å². The molecule has 0 saturated carbocycles. The van der Waals surface area contributed by atoms with Crippen LogP contribution < -0.4 is 0 Å². The third kappa shape index (κ3) is 5.38. The zero-order chi connectivity index (χ0) is 16.0. The number of hydrogen-bond donors (Lipinski definition) is 6. The van der Waals surface area contributed by atoms with Crippen LogP contribution in [0.5, 0.6) is 0 Å². The van der Waals surface area contributed by atoms with Crippen molar-refractivity contribution in [2.75, 3.05) is 0 Å². The van der Waals surface area contributed by atoms with Gasteiger partial charge in [0.25, 0.3) is 0 Å². The van der Waals surface area contributed by atoms with E-state index in [0.717, 1.165) is 0 Å². The van der Waals surface area contributed by atoms with Gasteiger partial charge in [0, 0.05) is 0 Å². The minimum absolute atomic E-state index is 0.840. The first kappa shape index (κ1) is 20.5. The molecule has 0 aliphatic heterocycles. The first-order chi connectivity index (χ1) is 8.42. The summed E-state index contributed by atoms with van der Waals surface area (Å²) in [6.07, 6.45) is 0. The van der Waals surface area contributed by atoms with Gasteiger partial charge in [-0.3, -0.25) is 0 Å². The number of carbonyl (C=O) groups is 2. The smallest absolute Gasteiger partial charge is 0.414 e. The predicted molar refractivity (Wildman–Crippen MR) is 70.3 cm³/mol. The molecule has 0 aromatic carbocycles. The molecule has 0 aliphatic carbocycles. The van der Waals surface area contributed by atoms with Gasteiger partial charge in [0.2, 0.25) is 0 Å². The maximum absolute atomic E-state index is 9.56. The first-order valence-electron chi connectivity index (χ1n) is 5.60. The normalized spacial score (nSPS) is 18.3. The fourth-order valence-electron chi connectivity index (χ4n) is 2.09. The summed E-state index contributed by atoms with van der Waals surface area (Å²) in [5, 5.41) is 53.0. The van der Waals surface area contributed by atoms with E-state index in [-0.39, 0.29) is 0 Å². The van der Waals surface area contributed by atoms with Crippen LogP contribution in [-0.2, 0) is 9.59 Å². The van der Waals surface area contributed by atoms with Crippen LogP contribution in [-0.4, -0.2) is 66.0 Å². The van der Waals surface area contributed by atoms with Gasteiger partial charge >= 0.3 is 90.7 Å². The average molecular weight is 302 g/mol.